The lowest BCUT2D eigenvalue weighted by molar-refractivity contribution is -0.274. The van der Waals surface area contributed by atoms with E-state index in [4.69, 9.17) is 0 Å². The van der Waals surface area contributed by atoms with E-state index in [-0.39, 0.29) is 17.5 Å². The molecular formula is C13H15F3N2OS. The molecule has 0 radical (unpaired) electrons. The number of anilines is 1. The molecule has 1 N–H and O–H groups in total. The van der Waals surface area contributed by atoms with Crippen molar-refractivity contribution in [2.24, 2.45) is 10.9 Å². The van der Waals surface area contributed by atoms with Crippen LogP contribution in [0.3, 0.4) is 0 Å². The Balaban J connectivity index is 2.16. The van der Waals surface area contributed by atoms with Crippen LogP contribution in [0.1, 0.15) is 13.8 Å². The predicted octanol–water partition coefficient (Wildman–Crippen LogP) is 4.12. The number of amidine groups is 1. The van der Waals surface area contributed by atoms with Crippen LogP contribution < -0.4 is 10.1 Å². The highest BCUT2D eigenvalue weighted by Crippen LogP contribution is 2.32. The van der Waals surface area contributed by atoms with Crippen LogP contribution in [0, 0.1) is 5.92 Å². The number of thioether (sulfide) groups is 1. The van der Waals surface area contributed by atoms with Gasteiger partial charge >= 0.3 is 6.36 Å². The number of aliphatic imine (C=N–C) groups is 1. The molecule has 0 spiro atoms. The molecule has 20 heavy (non-hydrogen) atoms. The predicted molar refractivity (Wildman–Crippen MR) is 75.3 cm³/mol. The molecule has 0 saturated carbocycles. The summed E-state index contributed by atoms with van der Waals surface area (Å²) >= 11 is 1.50. The summed E-state index contributed by atoms with van der Waals surface area (Å²) < 4.78 is 41.0. The molecule has 0 aliphatic carbocycles. The average molecular weight is 304 g/mol. The Morgan fingerprint density at radius 2 is 2.00 bits per heavy atom. The first-order valence-electron chi connectivity index (χ1n) is 6.17. The number of nitrogens with one attached hydrogen (secondary N) is 1. The number of ether oxygens (including phenoxy) is 1. The maximum atomic E-state index is 12.3. The summed E-state index contributed by atoms with van der Waals surface area (Å²) in [7, 11) is 0. The van der Waals surface area contributed by atoms with E-state index < -0.39 is 6.36 Å². The molecule has 7 heteroatoms. The van der Waals surface area contributed by atoms with Crippen LogP contribution in [0.5, 0.6) is 5.75 Å². The summed E-state index contributed by atoms with van der Waals surface area (Å²) in [4.78, 5) is 4.43. The summed E-state index contributed by atoms with van der Waals surface area (Å²) in [5, 5.41) is 3.53. The second-order valence-corrected chi connectivity index (χ2v) is 5.64. The zero-order chi connectivity index (χ0) is 14.8. The molecule has 1 aliphatic rings. The quantitative estimate of drug-likeness (QED) is 0.892. The Morgan fingerprint density at radius 1 is 1.30 bits per heavy atom. The first-order valence-corrected chi connectivity index (χ1v) is 7.16. The largest absolute Gasteiger partial charge is 0.573 e. The Bertz CT molecular complexity index is 505. The standard InChI is InChI=1S/C13H15F3N2OS/c1-8-7-20-12(17-9(8)2)18-10-5-3-4-6-11(10)19-13(14,15)16/h3-6,8-9H,7H2,1-2H3,(H,17,18). The number of nitrogens with zero attached hydrogens (tertiary/aromatic N) is 1. The maximum Gasteiger partial charge on any atom is 0.573 e. The van der Waals surface area contributed by atoms with E-state index in [1.54, 1.807) is 6.07 Å². The zero-order valence-electron chi connectivity index (χ0n) is 11.1. The molecule has 1 heterocycles. The first-order chi connectivity index (χ1) is 9.35. The van der Waals surface area contributed by atoms with Gasteiger partial charge in [0.25, 0.3) is 0 Å². The lowest BCUT2D eigenvalue weighted by atomic mass is 10.1. The Morgan fingerprint density at radius 3 is 2.65 bits per heavy atom. The van der Waals surface area contributed by atoms with Crippen LogP contribution in [0.4, 0.5) is 18.9 Å². The number of hydrogen-bond donors (Lipinski definition) is 1. The monoisotopic (exact) mass is 304 g/mol. The Kier molecular flexibility index (Phi) is 4.47. The van der Waals surface area contributed by atoms with Crippen molar-refractivity contribution in [3.05, 3.63) is 24.3 Å². The molecule has 0 bridgehead atoms. The zero-order valence-corrected chi connectivity index (χ0v) is 11.9. The van der Waals surface area contributed by atoms with Crippen molar-refractivity contribution in [3.8, 4) is 5.75 Å². The fraction of sp³-hybridized carbons (Fsp3) is 0.462. The molecule has 1 aromatic carbocycles. The molecule has 2 rings (SSSR count). The number of para-hydroxylation sites is 2. The highest BCUT2D eigenvalue weighted by atomic mass is 32.2. The van der Waals surface area contributed by atoms with Gasteiger partial charge in [-0.25, -0.2) is 0 Å². The minimum absolute atomic E-state index is 0.148. The molecule has 0 saturated heterocycles. The summed E-state index contributed by atoms with van der Waals surface area (Å²) in [5.74, 6) is 1.08. The average Bonchev–Trinajstić information content (AvgIpc) is 2.34. The van der Waals surface area contributed by atoms with Crippen molar-refractivity contribution in [1.29, 1.82) is 0 Å². The molecule has 1 aliphatic heterocycles. The molecule has 2 unspecified atom stereocenters. The van der Waals surface area contributed by atoms with Crippen molar-refractivity contribution in [1.82, 2.24) is 0 Å². The van der Waals surface area contributed by atoms with Gasteiger partial charge < -0.3 is 10.1 Å². The fourth-order valence-corrected chi connectivity index (χ4v) is 2.79. The molecular weight excluding hydrogens is 289 g/mol. The Labute approximate surface area is 119 Å². The van der Waals surface area contributed by atoms with Crippen LogP contribution in [0.25, 0.3) is 0 Å². The minimum atomic E-state index is -4.71. The van der Waals surface area contributed by atoms with Crippen molar-refractivity contribution < 1.29 is 17.9 Å². The summed E-state index contributed by atoms with van der Waals surface area (Å²) in [6.07, 6.45) is -4.71. The van der Waals surface area contributed by atoms with Gasteiger partial charge in [0.1, 0.15) is 0 Å². The van der Waals surface area contributed by atoms with Gasteiger partial charge in [-0.05, 0) is 25.0 Å². The number of alkyl halides is 3. The van der Waals surface area contributed by atoms with Crippen molar-refractivity contribution in [3.63, 3.8) is 0 Å². The topological polar surface area (TPSA) is 33.6 Å². The van der Waals surface area contributed by atoms with E-state index >= 15 is 0 Å². The molecule has 0 fully saturated rings. The lowest BCUT2D eigenvalue weighted by Gasteiger charge is -2.24. The van der Waals surface area contributed by atoms with Crippen LogP contribution >= 0.6 is 11.8 Å². The maximum absolute atomic E-state index is 12.3. The highest BCUT2D eigenvalue weighted by Gasteiger charge is 2.32. The van der Waals surface area contributed by atoms with Gasteiger partial charge in [-0.1, -0.05) is 30.8 Å². The van der Waals surface area contributed by atoms with Gasteiger partial charge in [0.15, 0.2) is 10.9 Å². The third-order valence-electron chi connectivity index (χ3n) is 2.98. The second-order valence-electron chi connectivity index (χ2n) is 4.63. The van der Waals surface area contributed by atoms with Gasteiger partial charge in [-0.3, -0.25) is 4.99 Å². The number of rotatable bonds is 2. The van der Waals surface area contributed by atoms with E-state index in [0.717, 1.165) is 5.75 Å². The van der Waals surface area contributed by atoms with E-state index in [9.17, 15) is 13.2 Å². The smallest absolute Gasteiger partial charge is 0.404 e. The van der Waals surface area contributed by atoms with Crippen molar-refractivity contribution in [2.45, 2.75) is 26.3 Å². The molecule has 110 valence electrons. The highest BCUT2D eigenvalue weighted by molar-refractivity contribution is 8.14. The molecule has 0 amide bonds. The summed E-state index contributed by atoms with van der Waals surface area (Å²) in [5.41, 5.74) is 0.262. The van der Waals surface area contributed by atoms with E-state index in [2.05, 4.69) is 22.0 Å². The third-order valence-corrected chi connectivity index (χ3v) is 4.16. The second kappa shape index (κ2) is 5.95. The van der Waals surface area contributed by atoms with Crippen LogP contribution in [0.15, 0.2) is 29.3 Å². The minimum Gasteiger partial charge on any atom is -0.404 e. The first kappa shape index (κ1) is 15.0. The molecule has 2 atom stereocenters. The Hall–Kier alpha value is -1.37. The van der Waals surface area contributed by atoms with Gasteiger partial charge in [0.05, 0.1) is 11.7 Å². The number of benzene rings is 1. The summed E-state index contributed by atoms with van der Waals surface area (Å²) in [6.45, 7) is 4.09. The van der Waals surface area contributed by atoms with Crippen LogP contribution in [-0.2, 0) is 0 Å². The van der Waals surface area contributed by atoms with E-state index in [1.807, 2.05) is 6.92 Å². The van der Waals surface area contributed by atoms with Crippen molar-refractivity contribution in [2.75, 3.05) is 11.1 Å². The number of hydrogen-bond acceptors (Lipinski definition) is 4. The fourth-order valence-electron chi connectivity index (χ4n) is 1.67. The van der Waals surface area contributed by atoms with Crippen LogP contribution in [-0.4, -0.2) is 23.3 Å². The van der Waals surface area contributed by atoms with Crippen LogP contribution in [0.2, 0.25) is 0 Å². The molecule has 3 nitrogen and oxygen atoms in total. The van der Waals surface area contributed by atoms with Crippen molar-refractivity contribution >= 4 is 22.6 Å². The van der Waals surface area contributed by atoms with E-state index in [1.165, 1.54) is 30.0 Å². The molecule has 1 aromatic rings. The van der Waals surface area contributed by atoms with E-state index in [0.29, 0.717) is 11.1 Å². The third kappa shape index (κ3) is 4.06. The normalized spacial score (nSPS) is 23.1. The lowest BCUT2D eigenvalue weighted by Crippen LogP contribution is -2.25. The SMILES string of the molecule is CC1CSC(Nc2ccccc2OC(F)(F)F)=NC1C. The van der Waals surface area contributed by atoms with Gasteiger partial charge in [-0.2, -0.15) is 0 Å². The summed E-state index contributed by atoms with van der Waals surface area (Å²) in [6, 6.07) is 6.09. The molecule has 0 aromatic heterocycles. The van der Waals surface area contributed by atoms with Gasteiger partial charge in [0.2, 0.25) is 0 Å². The van der Waals surface area contributed by atoms with Gasteiger partial charge in [0, 0.05) is 5.75 Å². The number of halogens is 3. The van der Waals surface area contributed by atoms with Gasteiger partial charge in [-0.15, -0.1) is 13.2 Å².